The molecule has 7 nitrogen and oxygen atoms in total. The molecule has 2 aromatic carbocycles. The average Bonchev–Trinajstić information content (AvgIpc) is 2.70. The molecule has 0 spiro atoms. The maximum absolute atomic E-state index is 10.6. The predicted molar refractivity (Wildman–Crippen MR) is 113 cm³/mol. The van der Waals surface area contributed by atoms with Crippen molar-refractivity contribution in [2.75, 3.05) is 13.2 Å². The lowest BCUT2D eigenvalue weighted by Crippen LogP contribution is -2.01. The van der Waals surface area contributed by atoms with E-state index in [2.05, 4.69) is 33.8 Å². The van der Waals surface area contributed by atoms with Crippen LogP contribution in [0.2, 0.25) is 0 Å². The van der Waals surface area contributed by atoms with E-state index in [1.807, 2.05) is 12.1 Å². The van der Waals surface area contributed by atoms with Crippen molar-refractivity contribution in [2.45, 2.75) is 45.4 Å². The summed E-state index contributed by atoms with van der Waals surface area (Å²) in [5, 5.41) is 8.49. The molecule has 8 heteroatoms. The Hall–Kier alpha value is -2.05. The van der Waals surface area contributed by atoms with Crippen molar-refractivity contribution in [2.24, 2.45) is 10.2 Å². The van der Waals surface area contributed by atoms with Crippen molar-refractivity contribution in [1.29, 1.82) is 0 Å². The molecule has 2 rings (SSSR count). The topological polar surface area (TPSA) is 101 Å². The van der Waals surface area contributed by atoms with E-state index in [4.69, 9.17) is 14.5 Å². The summed E-state index contributed by atoms with van der Waals surface area (Å²) in [6.07, 6.45) is 6.52. The van der Waals surface area contributed by atoms with Gasteiger partial charge in [0.15, 0.2) is 0 Å². The number of unbranched alkanes of at least 4 members (excludes halogenated alkanes) is 3. The van der Waals surface area contributed by atoms with Gasteiger partial charge in [-0.1, -0.05) is 38.3 Å². The van der Waals surface area contributed by atoms with Crippen LogP contribution in [-0.2, 0) is 15.5 Å². The summed E-state index contributed by atoms with van der Waals surface area (Å²) >= 11 is 0. The van der Waals surface area contributed by atoms with Gasteiger partial charge in [0.25, 0.3) is 0 Å². The SMILES string of the molecule is CCCCCCc1ccc(N=Nc2ccc(OCCCOP(=O)(O)O)cc2)cc1. The van der Waals surface area contributed by atoms with Crippen LogP contribution in [0.1, 0.15) is 44.6 Å². The molecule has 0 aliphatic rings. The van der Waals surface area contributed by atoms with Gasteiger partial charge in [0.1, 0.15) is 5.75 Å². The van der Waals surface area contributed by atoms with Crippen LogP contribution in [0.3, 0.4) is 0 Å². The number of hydrogen-bond donors (Lipinski definition) is 2. The molecule has 0 fully saturated rings. The standard InChI is InChI=1S/C21H29N2O5P/c1-2-3-4-5-7-18-8-10-19(11-9-18)22-23-20-12-14-21(15-13-20)27-16-6-17-28-29(24,25)26/h8-15H,2-7,16-17H2,1H3,(H2,24,25,26). The number of nitrogens with zero attached hydrogens (tertiary/aromatic N) is 2. The maximum atomic E-state index is 10.6. The van der Waals surface area contributed by atoms with Crippen LogP contribution >= 0.6 is 7.82 Å². The van der Waals surface area contributed by atoms with E-state index >= 15 is 0 Å². The molecule has 0 amide bonds. The van der Waals surface area contributed by atoms with E-state index in [0.717, 1.165) is 12.1 Å². The first kappa shape index (κ1) is 23.2. The van der Waals surface area contributed by atoms with E-state index in [0.29, 0.717) is 24.5 Å². The number of benzene rings is 2. The van der Waals surface area contributed by atoms with Crippen molar-refractivity contribution >= 4 is 19.2 Å². The van der Waals surface area contributed by atoms with Crippen LogP contribution in [0.4, 0.5) is 11.4 Å². The molecular formula is C21H29N2O5P. The van der Waals surface area contributed by atoms with Crippen molar-refractivity contribution in [1.82, 2.24) is 0 Å². The molecular weight excluding hydrogens is 391 g/mol. The zero-order chi connectivity index (χ0) is 21.0. The van der Waals surface area contributed by atoms with Gasteiger partial charge in [-0.25, -0.2) is 4.57 Å². The first-order valence-electron chi connectivity index (χ1n) is 9.90. The van der Waals surface area contributed by atoms with Gasteiger partial charge >= 0.3 is 7.82 Å². The van der Waals surface area contributed by atoms with Gasteiger partial charge in [-0.15, -0.1) is 0 Å². The third kappa shape index (κ3) is 10.3. The summed E-state index contributed by atoms with van der Waals surface area (Å²) in [6.45, 7) is 2.45. The van der Waals surface area contributed by atoms with Crippen molar-refractivity contribution in [3.63, 3.8) is 0 Å². The number of phosphoric ester groups is 1. The highest BCUT2D eigenvalue weighted by Gasteiger charge is 2.12. The summed E-state index contributed by atoms with van der Waals surface area (Å²) in [5.41, 5.74) is 2.85. The lowest BCUT2D eigenvalue weighted by Gasteiger charge is -2.07. The second kappa shape index (κ2) is 12.5. The van der Waals surface area contributed by atoms with Crippen LogP contribution in [0, 0.1) is 0 Å². The predicted octanol–water partition coefficient (Wildman–Crippen LogP) is 6.10. The first-order valence-corrected chi connectivity index (χ1v) is 11.4. The second-order valence-corrected chi connectivity index (χ2v) is 7.94. The van der Waals surface area contributed by atoms with E-state index in [1.165, 1.54) is 31.2 Å². The first-order chi connectivity index (χ1) is 14.0. The monoisotopic (exact) mass is 420 g/mol. The molecule has 0 radical (unpaired) electrons. The van der Waals surface area contributed by atoms with E-state index in [-0.39, 0.29) is 6.61 Å². The molecule has 158 valence electrons. The largest absolute Gasteiger partial charge is 0.494 e. The van der Waals surface area contributed by atoms with Crippen molar-refractivity contribution in [3.05, 3.63) is 54.1 Å². The fourth-order valence-corrected chi connectivity index (χ4v) is 3.01. The Morgan fingerprint density at radius 2 is 1.45 bits per heavy atom. The minimum Gasteiger partial charge on any atom is -0.494 e. The Kier molecular flexibility index (Phi) is 10.0. The van der Waals surface area contributed by atoms with Gasteiger partial charge in [0.2, 0.25) is 0 Å². The van der Waals surface area contributed by atoms with Crippen molar-refractivity contribution < 1.29 is 23.6 Å². The number of hydrogen-bond acceptors (Lipinski definition) is 5. The summed E-state index contributed by atoms with van der Waals surface area (Å²) in [7, 11) is -4.41. The lowest BCUT2D eigenvalue weighted by atomic mass is 10.1. The van der Waals surface area contributed by atoms with E-state index in [1.54, 1.807) is 24.3 Å². The highest BCUT2D eigenvalue weighted by Crippen LogP contribution is 2.35. The van der Waals surface area contributed by atoms with Crippen LogP contribution in [-0.4, -0.2) is 23.0 Å². The Balaban J connectivity index is 1.74. The fourth-order valence-electron chi connectivity index (χ4n) is 2.64. The van der Waals surface area contributed by atoms with Crippen LogP contribution in [0.5, 0.6) is 5.75 Å². The Morgan fingerprint density at radius 3 is 2.03 bits per heavy atom. The average molecular weight is 420 g/mol. The quantitative estimate of drug-likeness (QED) is 0.231. The third-order valence-corrected chi connectivity index (χ3v) is 4.71. The maximum Gasteiger partial charge on any atom is 0.469 e. The highest BCUT2D eigenvalue weighted by atomic mass is 31.2. The molecule has 0 aliphatic heterocycles. The molecule has 0 heterocycles. The Morgan fingerprint density at radius 1 is 0.828 bits per heavy atom. The molecule has 0 saturated carbocycles. The van der Waals surface area contributed by atoms with Crippen molar-refractivity contribution in [3.8, 4) is 5.75 Å². The van der Waals surface area contributed by atoms with Gasteiger partial charge < -0.3 is 14.5 Å². The van der Waals surface area contributed by atoms with Gasteiger partial charge in [-0.3, -0.25) is 4.52 Å². The molecule has 0 atom stereocenters. The second-order valence-electron chi connectivity index (χ2n) is 6.70. The minimum absolute atomic E-state index is 0.0614. The highest BCUT2D eigenvalue weighted by molar-refractivity contribution is 7.46. The van der Waals surface area contributed by atoms with Crippen LogP contribution in [0.15, 0.2) is 58.8 Å². The summed E-state index contributed by atoms with van der Waals surface area (Å²) in [4.78, 5) is 17.2. The molecule has 29 heavy (non-hydrogen) atoms. The van der Waals surface area contributed by atoms with Crippen LogP contribution < -0.4 is 4.74 Å². The number of rotatable bonds is 13. The number of ether oxygens (including phenoxy) is 1. The molecule has 2 aromatic rings. The van der Waals surface area contributed by atoms with Gasteiger partial charge in [0, 0.05) is 6.42 Å². The van der Waals surface area contributed by atoms with Gasteiger partial charge in [-0.2, -0.15) is 10.2 Å². The zero-order valence-electron chi connectivity index (χ0n) is 16.7. The number of azo groups is 1. The Bertz CT molecular complexity index is 788. The molecule has 0 aromatic heterocycles. The minimum atomic E-state index is -4.41. The van der Waals surface area contributed by atoms with Crippen LogP contribution in [0.25, 0.3) is 0 Å². The Labute approximate surface area is 172 Å². The summed E-state index contributed by atoms with van der Waals surface area (Å²) in [6, 6.07) is 15.3. The third-order valence-electron chi connectivity index (χ3n) is 4.19. The normalized spacial score (nSPS) is 11.8. The van der Waals surface area contributed by atoms with E-state index in [9.17, 15) is 4.57 Å². The molecule has 0 saturated heterocycles. The molecule has 2 N–H and O–H groups in total. The van der Waals surface area contributed by atoms with Gasteiger partial charge in [-0.05, 0) is 54.8 Å². The fraction of sp³-hybridized carbons (Fsp3) is 0.429. The summed E-state index contributed by atoms with van der Waals surface area (Å²) < 4.78 is 20.4. The molecule has 0 bridgehead atoms. The van der Waals surface area contributed by atoms with Gasteiger partial charge in [0.05, 0.1) is 24.6 Å². The zero-order valence-corrected chi connectivity index (χ0v) is 17.6. The molecule has 0 aliphatic carbocycles. The number of aryl methyl sites for hydroxylation is 1. The summed E-state index contributed by atoms with van der Waals surface area (Å²) in [5.74, 6) is 0.646. The van der Waals surface area contributed by atoms with E-state index < -0.39 is 7.82 Å². The smallest absolute Gasteiger partial charge is 0.469 e. The number of phosphoric acid groups is 1. The lowest BCUT2D eigenvalue weighted by molar-refractivity contribution is 0.180. The molecule has 0 unspecified atom stereocenters.